The Morgan fingerprint density at radius 3 is 1.77 bits per heavy atom. The highest BCUT2D eigenvalue weighted by Crippen LogP contribution is 2.10. The standard InChI is InChI=1S/C23H45N7O5/c1-12(2)10-15(24)19(31)29-17(11-13(3)4)21(33)28-16(8-7-9-27-23(25)26)20(32)30-18(14(5)6)22(34)35/h12-18H,7-11,24H2,1-6H3,(H,28,33)(H,29,31)(H,30,32)(H,34,35)(H4,25,26,27). The number of carboxylic acid groups (broad SMARTS) is 1. The van der Waals surface area contributed by atoms with Gasteiger partial charge in [-0.2, -0.15) is 0 Å². The third-order valence-electron chi connectivity index (χ3n) is 5.21. The molecule has 202 valence electrons. The minimum absolute atomic E-state index is 0.0684. The summed E-state index contributed by atoms with van der Waals surface area (Å²) in [5.41, 5.74) is 16.6. The van der Waals surface area contributed by atoms with Crippen LogP contribution in [0.1, 0.15) is 67.2 Å². The molecule has 12 nitrogen and oxygen atoms in total. The molecule has 0 aliphatic carbocycles. The molecular formula is C23H45N7O5. The number of amides is 3. The second-order valence-corrected chi connectivity index (χ2v) is 10.0. The first-order valence-corrected chi connectivity index (χ1v) is 12.1. The number of carbonyl (C=O) groups excluding carboxylic acids is 3. The molecule has 0 saturated heterocycles. The zero-order valence-electron chi connectivity index (χ0n) is 21.8. The molecule has 0 bridgehead atoms. The molecule has 0 heterocycles. The normalized spacial score (nSPS) is 14.7. The molecule has 35 heavy (non-hydrogen) atoms. The third-order valence-corrected chi connectivity index (χ3v) is 5.21. The topological polar surface area (TPSA) is 215 Å². The summed E-state index contributed by atoms with van der Waals surface area (Å²) in [7, 11) is 0. The lowest BCUT2D eigenvalue weighted by atomic mass is 9.99. The van der Waals surface area contributed by atoms with Gasteiger partial charge in [0.15, 0.2) is 5.96 Å². The molecule has 0 rings (SSSR count). The van der Waals surface area contributed by atoms with E-state index in [1.54, 1.807) is 13.8 Å². The van der Waals surface area contributed by atoms with Crippen LogP contribution in [-0.4, -0.2) is 65.5 Å². The quantitative estimate of drug-likeness (QED) is 0.0844. The fraction of sp³-hybridized carbons (Fsp3) is 0.783. The van der Waals surface area contributed by atoms with Crippen LogP contribution < -0.4 is 33.2 Å². The van der Waals surface area contributed by atoms with Crippen LogP contribution in [0, 0.1) is 17.8 Å². The highest BCUT2D eigenvalue weighted by Gasteiger charge is 2.31. The summed E-state index contributed by atoms with van der Waals surface area (Å²) in [5.74, 6) is -3.02. The number of aliphatic carboxylic acids is 1. The van der Waals surface area contributed by atoms with Crippen molar-refractivity contribution in [2.75, 3.05) is 6.54 Å². The summed E-state index contributed by atoms with van der Waals surface area (Å²) in [5, 5.41) is 17.3. The van der Waals surface area contributed by atoms with Gasteiger partial charge in [0.1, 0.15) is 18.1 Å². The van der Waals surface area contributed by atoms with Gasteiger partial charge in [-0.1, -0.05) is 41.5 Å². The lowest BCUT2D eigenvalue weighted by molar-refractivity contribution is -0.143. The van der Waals surface area contributed by atoms with Crippen molar-refractivity contribution in [1.82, 2.24) is 16.0 Å². The van der Waals surface area contributed by atoms with Crippen LogP contribution in [0.2, 0.25) is 0 Å². The monoisotopic (exact) mass is 499 g/mol. The van der Waals surface area contributed by atoms with Gasteiger partial charge in [-0.25, -0.2) is 4.79 Å². The first-order valence-electron chi connectivity index (χ1n) is 12.1. The van der Waals surface area contributed by atoms with Crippen LogP contribution in [0.25, 0.3) is 0 Å². The van der Waals surface area contributed by atoms with Crippen LogP contribution >= 0.6 is 0 Å². The molecule has 0 aromatic heterocycles. The number of aliphatic imine (C=N–C) groups is 1. The Hall–Kier alpha value is -2.89. The summed E-state index contributed by atoms with van der Waals surface area (Å²) in [4.78, 5) is 54.1. The Morgan fingerprint density at radius 1 is 0.800 bits per heavy atom. The highest BCUT2D eigenvalue weighted by atomic mass is 16.4. The first kappa shape index (κ1) is 32.1. The second-order valence-electron chi connectivity index (χ2n) is 10.0. The minimum atomic E-state index is -1.18. The van der Waals surface area contributed by atoms with E-state index < -0.39 is 47.9 Å². The van der Waals surface area contributed by atoms with Crippen molar-refractivity contribution >= 4 is 29.7 Å². The summed E-state index contributed by atoms with van der Waals surface area (Å²) >= 11 is 0. The number of carbonyl (C=O) groups is 4. The molecule has 12 heteroatoms. The average Bonchev–Trinajstić information content (AvgIpc) is 2.71. The number of hydrogen-bond donors (Lipinski definition) is 7. The van der Waals surface area contributed by atoms with E-state index in [0.29, 0.717) is 19.3 Å². The van der Waals surface area contributed by atoms with E-state index in [2.05, 4.69) is 20.9 Å². The van der Waals surface area contributed by atoms with Crippen LogP contribution in [-0.2, 0) is 19.2 Å². The van der Waals surface area contributed by atoms with Gasteiger partial charge in [0.05, 0.1) is 6.04 Å². The maximum absolute atomic E-state index is 13.1. The van der Waals surface area contributed by atoms with E-state index in [0.717, 1.165) is 0 Å². The Bertz CT molecular complexity index is 736. The fourth-order valence-corrected chi connectivity index (χ4v) is 3.41. The number of nitrogens with two attached hydrogens (primary N) is 3. The van der Waals surface area contributed by atoms with Crippen molar-refractivity contribution < 1.29 is 24.3 Å². The van der Waals surface area contributed by atoms with E-state index in [-0.39, 0.29) is 36.7 Å². The van der Waals surface area contributed by atoms with Gasteiger partial charge < -0.3 is 38.3 Å². The lowest BCUT2D eigenvalue weighted by Gasteiger charge is -2.27. The molecule has 0 fully saturated rings. The maximum Gasteiger partial charge on any atom is 0.326 e. The molecule has 3 amide bonds. The zero-order chi connectivity index (χ0) is 27.3. The average molecular weight is 500 g/mol. The SMILES string of the molecule is CC(C)CC(N)C(=O)NC(CC(C)C)C(=O)NC(CCCN=C(N)N)C(=O)NC(C(=O)O)C(C)C. The molecule has 4 atom stereocenters. The number of rotatable bonds is 16. The van der Waals surface area contributed by atoms with Gasteiger partial charge in [0.25, 0.3) is 0 Å². The van der Waals surface area contributed by atoms with Crippen molar-refractivity contribution in [2.24, 2.45) is 39.9 Å². The summed E-state index contributed by atoms with van der Waals surface area (Å²) in [6.07, 6.45) is 1.31. The van der Waals surface area contributed by atoms with Crippen molar-refractivity contribution in [3.05, 3.63) is 0 Å². The van der Waals surface area contributed by atoms with Crippen LogP contribution in [0.5, 0.6) is 0 Å². The Kier molecular flexibility index (Phi) is 14.6. The molecule has 0 aromatic carbocycles. The zero-order valence-corrected chi connectivity index (χ0v) is 21.8. The van der Waals surface area contributed by atoms with Crippen molar-refractivity contribution in [3.8, 4) is 0 Å². The smallest absolute Gasteiger partial charge is 0.326 e. The first-order chi connectivity index (χ1) is 16.1. The van der Waals surface area contributed by atoms with Gasteiger partial charge in [0.2, 0.25) is 17.7 Å². The molecule has 0 saturated carbocycles. The van der Waals surface area contributed by atoms with Gasteiger partial charge in [-0.15, -0.1) is 0 Å². The number of carboxylic acids is 1. The number of nitrogens with zero attached hydrogens (tertiary/aromatic N) is 1. The molecule has 0 aliphatic rings. The van der Waals surface area contributed by atoms with E-state index in [1.165, 1.54) is 0 Å². The number of nitrogens with one attached hydrogen (secondary N) is 3. The van der Waals surface area contributed by atoms with E-state index in [4.69, 9.17) is 17.2 Å². The Labute approximate surface area is 208 Å². The highest BCUT2D eigenvalue weighted by molar-refractivity contribution is 5.94. The minimum Gasteiger partial charge on any atom is -0.480 e. The van der Waals surface area contributed by atoms with Crippen LogP contribution in [0.15, 0.2) is 4.99 Å². The molecular weight excluding hydrogens is 454 g/mol. The summed E-state index contributed by atoms with van der Waals surface area (Å²) in [6, 6.07) is -3.85. The summed E-state index contributed by atoms with van der Waals surface area (Å²) < 4.78 is 0. The van der Waals surface area contributed by atoms with Gasteiger partial charge in [-0.3, -0.25) is 19.4 Å². The van der Waals surface area contributed by atoms with Crippen molar-refractivity contribution in [3.63, 3.8) is 0 Å². The maximum atomic E-state index is 13.1. The van der Waals surface area contributed by atoms with Gasteiger partial charge in [0, 0.05) is 6.54 Å². The predicted octanol–water partition coefficient (Wildman–Crippen LogP) is -0.345. The summed E-state index contributed by atoms with van der Waals surface area (Å²) in [6.45, 7) is 11.3. The largest absolute Gasteiger partial charge is 0.480 e. The van der Waals surface area contributed by atoms with E-state index >= 15 is 0 Å². The van der Waals surface area contributed by atoms with Crippen molar-refractivity contribution in [2.45, 2.75) is 91.4 Å². The molecule has 0 aliphatic heterocycles. The molecule has 0 aromatic rings. The van der Waals surface area contributed by atoms with E-state index in [9.17, 15) is 24.3 Å². The Morgan fingerprint density at radius 2 is 1.31 bits per heavy atom. The van der Waals surface area contributed by atoms with Crippen LogP contribution in [0.4, 0.5) is 0 Å². The number of hydrogen-bond acceptors (Lipinski definition) is 6. The lowest BCUT2D eigenvalue weighted by Crippen LogP contribution is -2.57. The number of guanidine groups is 1. The van der Waals surface area contributed by atoms with Gasteiger partial charge >= 0.3 is 5.97 Å². The van der Waals surface area contributed by atoms with Crippen molar-refractivity contribution in [1.29, 1.82) is 0 Å². The fourth-order valence-electron chi connectivity index (χ4n) is 3.41. The molecule has 0 radical (unpaired) electrons. The predicted molar refractivity (Wildman–Crippen MR) is 135 cm³/mol. The molecule has 0 spiro atoms. The molecule has 10 N–H and O–H groups in total. The third kappa shape index (κ3) is 13.5. The molecule has 4 unspecified atom stereocenters. The van der Waals surface area contributed by atoms with Gasteiger partial charge in [-0.05, 0) is 43.4 Å². The Balaban J connectivity index is 5.61. The second kappa shape index (κ2) is 15.9. The van der Waals surface area contributed by atoms with E-state index in [1.807, 2.05) is 27.7 Å². The van der Waals surface area contributed by atoms with Crippen LogP contribution in [0.3, 0.4) is 0 Å².